The third kappa shape index (κ3) is 1.38. The minimum absolute atomic E-state index is 0.231. The van der Waals surface area contributed by atoms with E-state index in [1.54, 1.807) is 0 Å². The summed E-state index contributed by atoms with van der Waals surface area (Å²) < 4.78 is 4.95. The first-order valence-corrected chi connectivity index (χ1v) is 6.50. The van der Waals surface area contributed by atoms with Gasteiger partial charge in [0.05, 0.1) is 17.9 Å². The lowest BCUT2D eigenvalue weighted by molar-refractivity contribution is -0.197. The van der Waals surface area contributed by atoms with Gasteiger partial charge in [-0.1, -0.05) is 0 Å². The molecular formula is C14H19O4. The summed E-state index contributed by atoms with van der Waals surface area (Å²) in [7, 11) is 1.39. The molecule has 0 amide bonds. The number of rotatable bonds is 2. The predicted molar refractivity (Wildman–Crippen MR) is 63.5 cm³/mol. The van der Waals surface area contributed by atoms with Crippen LogP contribution in [0.4, 0.5) is 0 Å². The summed E-state index contributed by atoms with van der Waals surface area (Å²) in [4.78, 5) is 23.8. The van der Waals surface area contributed by atoms with Crippen LogP contribution in [0, 0.1) is 29.1 Å². The fourth-order valence-electron chi connectivity index (χ4n) is 5.32. The number of ether oxygens (including phenoxy) is 1. The van der Waals surface area contributed by atoms with E-state index in [1.165, 1.54) is 7.11 Å². The largest absolute Gasteiger partial charge is 0.481 e. The highest BCUT2D eigenvalue weighted by Crippen LogP contribution is 2.69. The number of carboxylic acids is 1. The predicted octanol–water partition coefficient (Wildman–Crippen LogP) is 2.03. The van der Waals surface area contributed by atoms with E-state index in [1.807, 2.05) is 0 Å². The van der Waals surface area contributed by atoms with E-state index in [0.717, 1.165) is 12.8 Å². The number of aliphatic carboxylic acids is 1. The zero-order chi connectivity index (χ0) is 13.2. The molecule has 4 aliphatic carbocycles. The van der Waals surface area contributed by atoms with E-state index in [9.17, 15) is 14.7 Å². The van der Waals surface area contributed by atoms with E-state index in [2.05, 4.69) is 6.92 Å². The first-order valence-electron chi connectivity index (χ1n) is 6.50. The zero-order valence-electron chi connectivity index (χ0n) is 10.7. The first-order chi connectivity index (χ1) is 8.33. The Bertz CT molecular complexity index is 432. The Kier molecular flexibility index (Phi) is 2.19. The van der Waals surface area contributed by atoms with Gasteiger partial charge in [-0.05, 0) is 56.8 Å². The highest BCUT2D eigenvalue weighted by atomic mass is 16.5. The van der Waals surface area contributed by atoms with E-state index in [-0.39, 0.29) is 11.4 Å². The SMILES string of the molecule is [CH2]C12CC3CC(C(=O)O)(C1)CC(C(=O)OC)(C3)C2. The lowest BCUT2D eigenvalue weighted by Crippen LogP contribution is -2.61. The molecule has 99 valence electrons. The average Bonchev–Trinajstić information content (AvgIpc) is 2.24. The minimum atomic E-state index is -0.757. The molecule has 4 saturated carbocycles. The molecule has 18 heavy (non-hydrogen) atoms. The number of carbonyl (C=O) groups is 2. The van der Waals surface area contributed by atoms with Gasteiger partial charge in [-0.2, -0.15) is 0 Å². The molecule has 4 aliphatic rings. The molecular weight excluding hydrogens is 232 g/mol. The summed E-state index contributed by atoms with van der Waals surface area (Å²) in [5.41, 5.74) is -1.57. The van der Waals surface area contributed by atoms with Crippen molar-refractivity contribution in [1.29, 1.82) is 0 Å². The van der Waals surface area contributed by atoms with Crippen LogP contribution in [0.25, 0.3) is 0 Å². The van der Waals surface area contributed by atoms with Gasteiger partial charge in [-0.15, -0.1) is 0 Å². The standard InChI is InChI=1S/C14H19O4/c1-12-3-9-4-13(6-12,10(15)16)8-14(5-9,7-12)11(17)18-2/h9H,1,3-8H2,2H3,(H,15,16). The van der Waals surface area contributed by atoms with Gasteiger partial charge >= 0.3 is 11.9 Å². The van der Waals surface area contributed by atoms with Crippen LogP contribution < -0.4 is 0 Å². The lowest BCUT2D eigenvalue weighted by atomic mass is 9.40. The maximum Gasteiger partial charge on any atom is 0.311 e. The topological polar surface area (TPSA) is 63.6 Å². The van der Waals surface area contributed by atoms with Gasteiger partial charge in [0, 0.05) is 0 Å². The molecule has 4 atom stereocenters. The molecule has 0 aromatic heterocycles. The molecule has 4 bridgehead atoms. The number of hydrogen-bond donors (Lipinski definition) is 1. The van der Waals surface area contributed by atoms with Gasteiger partial charge < -0.3 is 9.84 Å². The van der Waals surface area contributed by atoms with Crippen molar-refractivity contribution < 1.29 is 19.4 Å². The normalized spacial score (nSPS) is 49.1. The highest BCUT2D eigenvalue weighted by molar-refractivity contribution is 5.82. The molecule has 0 aromatic carbocycles. The molecule has 4 heteroatoms. The van der Waals surface area contributed by atoms with Crippen molar-refractivity contribution in [2.45, 2.75) is 38.5 Å². The van der Waals surface area contributed by atoms with Crippen molar-refractivity contribution in [2.75, 3.05) is 7.11 Å². The Morgan fingerprint density at radius 2 is 1.78 bits per heavy atom. The first kappa shape index (κ1) is 12.0. The van der Waals surface area contributed by atoms with Crippen molar-refractivity contribution in [2.24, 2.45) is 22.2 Å². The number of methoxy groups -OCH3 is 1. The Hall–Kier alpha value is -1.06. The fourth-order valence-corrected chi connectivity index (χ4v) is 5.32. The summed E-state index contributed by atoms with van der Waals surface area (Å²) in [6.07, 6.45) is 4.20. The highest BCUT2D eigenvalue weighted by Gasteiger charge is 2.67. The van der Waals surface area contributed by atoms with Gasteiger partial charge in [0.2, 0.25) is 0 Å². The van der Waals surface area contributed by atoms with Gasteiger partial charge in [-0.25, -0.2) is 0 Å². The molecule has 0 spiro atoms. The van der Waals surface area contributed by atoms with Gasteiger partial charge in [-0.3, -0.25) is 9.59 Å². The maximum absolute atomic E-state index is 12.1. The molecule has 0 aliphatic heterocycles. The molecule has 0 saturated heterocycles. The van der Waals surface area contributed by atoms with Crippen LogP contribution in [0.5, 0.6) is 0 Å². The number of esters is 1. The zero-order valence-corrected chi connectivity index (χ0v) is 10.7. The van der Waals surface area contributed by atoms with E-state index >= 15 is 0 Å². The Morgan fingerprint density at radius 1 is 1.17 bits per heavy atom. The second kappa shape index (κ2) is 3.28. The fraction of sp³-hybridized carbons (Fsp3) is 0.786. The van der Waals surface area contributed by atoms with E-state index < -0.39 is 16.8 Å². The summed E-state index contributed by atoms with van der Waals surface area (Å²) in [6.45, 7) is 4.25. The summed E-state index contributed by atoms with van der Waals surface area (Å²) in [5, 5.41) is 9.58. The Balaban J connectivity index is 2.06. The molecule has 4 nitrogen and oxygen atoms in total. The summed E-state index contributed by atoms with van der Waals surface area (Å²) >= 11 is 0. The van der Waals surface area contributed by atoms with Crippen LogP contribution in [-0.4, -0.2) is 24.2 Å². The Labute approximate surface area is 107 Å². The van der Waals surface area contributed by atoms with Crippen LogP contribution >= 0.6 is 0 Å². The van der Waals surface area contributed by atoms with Gasteiger partial charge in [0.15, 0.2) is 0 Å². The van der Waals surface area contributed by atoms with Crippen molar-refractivity contribution in [3.05, 3.63) is 6.92 Å². The molecule has 4 fully saturated rings. The summed E-state index contributed by atoms with van der Waals surface area (Å²) in [5.74, 6) is -0.674. The number of carbonyl (C=O) groups excluding carboxylic acids is 1. The molecule has 4 rings (SSSR count). The monoisotopic (exact) mass is 251 g/mol. The minimum Gasteiger partial charge on any atom is -0.481 e. The average molecular weight is 251 g/mol. The molecule has 1 radical (unpaired) electrons. The third-order valence-electron chi connectivity index (χ3n) is 5.26. The molecule has 0 aromatic rings. The number of hydrogen-bond acceptors (Lipinski definition) is 3. The van der Waals surface area contributed by atoms with Crippen molar-refractivity contribution in [3.63, 3.8) is 0 Å². The lowest BCUT2D eigenvalue weighted by Gasteiger charge is -2.63. The second-order valence-electron chi connectivity index (χ2n) is 6.87. The molecule has 4 unspecified atom stereocenters. The van der Waals surface area contributed by atoms with Crippen LogP contribution in [0.1, 0.15) is 38.5 Å². The van der Waals surface area contributed by atoms with Crippen molar-refractivity contribution in [3.8, 4) is 0 Å². The third-order valence-corrected chi connectivity index (χ3v) is 5.26. The van der Waals surface area contributed by atoms with Gasteiger partial charge in [0.1, 0.15) is 0 Å². The van der Waals surface area contributed by atoms with Crippen LogP contribution in [0.3, 0.4) is 0 Å². The van der Waals surface area contributed by atoms with Crippen LogP contribution in [-0.2, 0) is 14.3 Å². The quantitative estimate of drug-likeness (QED) is 0.763. The van der Waals surface area contributed by atoms with Crippen molar-refractivity contribution in [1.82, 2.24) is 0 Å². The smallest absolute Gasteiger partial charge is 0.311 e. The number of carboxylic acid groups (broad SMARTS) is 1. The molecule has 0 heterocycles. The van der Waals surface area contributed by atoms with E-state index in [0.29, 0.717) is 31.6 Å². The second-order valence-corrected chi connectivity index (χ2v) is 6.87. The van der Waals surface area contributed by atoms with Crippen molar-refractivity contribution >= 4 is 11.9 Å². The van der Waals surface area contributed by atoms with Crippen LogP contribution in [0.15, 0.2) is 0 Å². The maximum atomic E-state index is 12.1. The van der Waals surface area contributed by atoms with Gasteiger partial charge in [0.25, 0.3) is 0 Å². The summed E-state index contributed by atoms with van der Waals surface area (Å²) in [6, 6.07) is 0. The van der Waals surface area contributed by atoms with E-state index in [4.69, 9.17) is 4.74 Å². The van der Waals surface area contributed by atoms with Crippen LogP contribution in [0.2, 0.25) is 0 Å². The Morgan fingerprint density at radius 3 is 2.33 bits per heavy atom. The molecule has 1 N–H and O–H groups in total.